The van der Waals surface area contributed by atoms with Gasteiger partial charge in [-0.3, -0.25) is 9.69 Å². The fourth-order valence-corrected chi connectivity index (χ4v) is 4.18. The summed E-state index contributed by atoms with van der Waals surface area (Å²) in [4.78, 5) is 58.6. The van der Waals surface area contributed by atoms with Gasteiger partial charge in [-0.05, 0) is 30.7 Å². The lowest BCUT2D eigenvalue weighted by Gasteiger charge is -2.35. The Morgan fingerprint density at radius 1 is 0.761 bits per heavy atom. The molecule has 2 aliphatic rings. The number of aliphatic hydroxyl groups is 4. The Balaban J connectivity index is 0. The van der Waals surface area contributed by atoms with E-state index in [4.69, 9.17) is 57.2 Å². The van der Waals surface area contributed by atoms with Crippen LogP contribution < -0.4 is 4.90 Å². The van der Waals surface area contributed by atoms with Gasteiger partial charge in [0.2, 0.25) is 5.91 Å². The van der Waals surface area contributed by atoms with Crippen LogP contribution in [-0.2, 0) is 28.7 Å². The summed E-state index contributed by atoms with van der Waals surface area (Å²) in [5.41, 5.74) is 0.955. The van der Waals surface area contributed by atoms with Crippen molar-refractivity contribution in [2.75, 3.05) is 64.4 Å². The highest BCUT2D eigenvalue weighted by Gasteiger charge is 2.34. The zero-order chi connectivity index (χ0) is 33.6. The van der Waals surface area contributed by atoms with E-state index in [0.29, 0.717) is 5.02 Å². The molecule has 0 saturated carbocycles. The van der Waals surface area contributed by atoms with Gasteiger partial charge in [-0.1, -0.05) is 11.6 Å². The highest BCUT2D eigenvalue weighted by atomic mass is 35.5. The molecule has 0 radical (unpaired) electrons. The SMILES string of the molecule is COCCN1CCN(C[C@H]2CCN(c3ccc(Cl)cc3)C2=O)CC1.O.O.O=C(O)[C@H](O)[C@@H](O)C(=O)O.O=C(O)[C@H](O)[C@@H](O)C(=O)O. The number of aliphatic hydroxyl groups excluding tert-OH is 4. The van der Waals surface area contributed by atoms with E-state index >= 15 is 0 Å². The van der Waals surface area contributed by atoms with E-state index in [1.165, 1.54) is 0 Å². The van der Waals surface area contributed by atoms with Crippen LogP contribution in [0.1, 0.15) is 6.42 Å². The number of hydrogen-bond donors (Lipinski definition) is 8. The molecule has 5 atom stereocenters. The Bertz CT molecular complexity index is 1030. The molecule has 0 bridgehead atoms. The van der Waals surface area contributed by atoms with Crippen molar-refractivity contribution in [1.29, 1.82) is 0 Å². The lowest BCUT2D eigenvalue weighted by atomic mass is 10.1. The second-order valence-corrected chi connectivity index (χ2v) is 10.2. The first-order valence-electron chi connectivity index (χ1n) is 13.2. The van der Waals surface area contributed by atoms with Gasteiger partial charge < -0.3 is 66.3 Å². The molecule has 3 rings (SSSR count). The van der Waals surface area contributed by atoms with Gasteiger partial charge in [-0.25, -0.2) is 19.2 Å². The van der Waals surface area contributed by atoms with Crippen LogP contribution in [0.2, 0.25) is 5.02 Å². The second-order valence-electron chi connectivity index (χ2n) is 9.72. The van der Waals surface area contributed by atoms with Crippen LogP contribution in [0.4, 0.5) is 5.69 Å². The van der Waals surface area contributed by atoms with Crippen LogP contribution in [0.25, 0.3) is 0 Å². The quantitative estimate of drug-likeness (QED) is 0.104. The van der Waals surface area contributed by atoms with Crippen molar-refractivity contribution < 1.29 is 80.5 Å². The number of amides is 1. The number of rotatable bonds is 12. The maximum Gasteiger partial charge on any atom is 0.335 e. The largest absolute Gasteiger partial charge is 0.479 e. The summed E-state index contributed by atoms with van der Waals surface area (Å²) in [5, 5.41) is 65.8. The van der Waals surface area contributed by atoms with Gasteiger partial charge in [-0.15, -0.1) is 0 Å². The molecule has 46 heavy (non-hydrogen) atoms. The average molecular weight is 688 g/mol. The standard InChI is InChI=1S/C18H26ClN3O2.2C4H6O6.2H2O/c1-24-13-12-20-8-10-21(11-9-20)14-15-6-7-22(18(15)23)17-4-2-16(19)3-5-17;2*5-1(3(7)8)2(6)4(9)10;;/h2-5,15H,6-14H2,1H3;2*1-2,5-6H,(H,7,8)(H,9,10);2*1H2/t15-;2*1-,2-;;/m111../s1. The number of benzene rings is 1. The summed E-state index contributed by atoms with van der Waals surface area (Å²) < 4.78 is 5.14. The molecule has 19 nitrogen and oxygen atoms in total. The van der Waals surface area contributed by atoms with Crippen molar-refractivity contribution in [2.45, 2.75) is 30.8 Å². The highest BCUT2D eigenvalue weighted by Crippen LogP contribution is 2.27. The molecule has 1 amide bonds. The molecule has 264 valence electrons. The van der Waals surface area contributed by atoms with Crippen LogP contribution in [0.3, 0.4) is 0 Å². The summed E-state index contributed by atoms with van der Waals surface area (Å²) in [6, 6.07) is 7.54. The van der Waals surface area contributed by atoms with E-state index in [2.05, 4.69) is 9.80 Å². The van der Waals surface area contributed by atoms with Crippen LogP contribution in [0.15, 0.2) is 24.3 Å². The highest BCUT2D eigenvalue weighted by molar-refractivity contribution is 6.30. The van der Waals surface area contributed by atoms with E-state index < -0.39 is 48.3 Å². The number of aliphatic carboxylic acids is 4. The topological polar surface area (TPSA) is 329 Å². The number of hydrogen-bond acceptors (Lipinski definition) is 12. The fourth-order valence-electron chi connectivity index (χ4n) is 4.05. The first-order valence-corrected chi connectivity index (χ1v) is 13.6. The number of carbonyl (C=O) groups is 5. The third-order valence-corrected chi connectivity index (χ3v) is 6.87. The Kier molecular flexibility index (Phi) is 21.4. The van der Waals surface area contributed by atoms with E-state index in [1.807, 2.05) is 29.2 Å². The monoisotopic (exact) mass is 687 g/mol. The molecule has 2 heterocycles. The first kappa shape index (κ1) is 44.6. The lowest BCUT2D eigenvalue weighted by Crippen LogP contribution is -2.49. The fraction of sp³-hybridized carbons (Fsp3) is 0.577. The van der Waals surface area contributed by atoms with E-state index in [1.54, 1.807) is 7.11 Å². The van der Waals surface area contributed by atoms with Gasteiger partial charge in [0.15, 0.2) is 24.4 Å². The predicted molar refractivity (Wildman–Crippen MR) is 158 cm³/mol. The summed E-state index contributed by atoms with van der Waals surface area (Å²) >= 11 is 5.93. The van der Waals surface area contributed by atoms with E-state index in [-0.39, 0.29) is 22.8 Å². The number of carboxylic acids is 4. The van der Waals surface area contributed by atoms with Crippen LogP contribution in [-0.4, -0.2) is 175 Å². The molecule has 0 spiro atoms. The van der Waals surface area contributed by atoms with Gasteiger partial charge >= 0.3 is 23.9 Å². The van der Waals surface area contributed by atoms with Crippen LogP contribution >= 0.6 is 11.6 Å². The smallest absolute Gasteiger partial charge is 0.335 e. The summed E-state index contributed by atoms with van der Waals surface area (Å²) in [6.07, 6.45) is -8.13. The van der Waals surface area contributed by atoms with E-state index in [0.717, 1.165) is 64.5 Å². The maximum absolute atomic E-state index is 12.7. The molecule has 1 aromatic rings. The van der Waals surface area contributed by atoms with Crippen LogP contribution in [0, 0.1) is 5.92 Å². The van der Waals surface area contributed by atoms with Crippen molar-refractivity contribution in [3.8, 4) is 0 Å². The molecular weight excluding hydrogens is 646 g/mol. The molecule has 1 aromatic carbocycles. The van der Waals surface area contributed by atoms with Crippen molar-refractivity contribution in [2.24, 2.45) is 5.92 Å². The van der Waals surface area contributed by atoms with E-state index in [9.17, 15) is 24.0 Å². The Morgan fingerprint density at radius 3 is 1.52 bits per heavy atom. The van der Waals surface area contributed by atoms with Crippen LogP contribution in [0.5, 0.6) is 0 Å². The first-order chi connectivity index (χ1) is 20.6. The predicted octanol–water partition coefficient (Wildman–Crippen LogP) is -3.94. The number of methoxy groups -OCH3 is 1. The molecule has 20 heteroatoms. The Hall–Kier alpha value is -3.50. The number of ether oxygens (including phenoxy) is 1. The number of carbonyl (C=O) groups excluding carboxylic acids is 1. The van der Waals surface area contributed by atoms with Crippen molar-refractivity contribution in [1.82, 2.24) is 9.80 Å². The molecule has 0 aliphatic carbocycles. The molecule has 2 fully saturated rings. The number of nitrogens with zero attached hydrogens (tertiary/aromatic N) is 3. The molecule has 2 saturated heterocycles. The maximum atomic E-state index is 12.7. The van der Waals surface area contributed by atoms with Gasteiger partial charge in [0.1, 0.15) is 0 Å². The number of piperazine rings is 1. The van der Waals surface area contributed by atoms with Gasteiger partial charge in [0, 0.05) is 63.6 Å². The number of carboxylic acid groups (broad SMARTS) is 4. The van der Waals surface area contributed by atoms with Crippen molar-refractivity contribution in [3.63, 3.8) is 0 Å². The average Bonchev–Trinajstić information content (AvgIpc) is 3.35. The molecular formula is C26H42ClN3O16. The zero-order valence-corrected chi connectivity index (χ0v) is 25.6. The number of anilines is 1. The minimum atomic E-state index is -2.27. The third-order valence-electron chi connectivity index (χ3n) is 6.62. The normalized spacial score (nSPS) is 19.0. The molecule has 0 unspecified atom stereocenters. The number of halogens is 1. The summed E-state index contributed by atoms with van der Waals surface area (Å²) in [6.45, 7) is 7.66. The summed E-state index contributed by atoms with van der Waals surface area (Å²) in [7, 11) is 1.74. The Morgan fingerprint density at radius 2 is 1.15 bits per heavy atom. The van der Waals surface area contributed by atoms with Gasteiger partial charge in [0.05, 0.1) is 12.5 Å². The minimum absolute atomic E-state index is 0. The minimum Gasteiger partial charge on any atom is -0.479 e. The third kappa shape index (κ3) is 14.7. The Labute approximate surface area is 268 Å². The lowest BCUT2D eigenvalue weighted by molar-refractivity contribution is -0.165. The second kappa shape index (κ2) is 22.1. The van der Waals surface area contributed by atoms with Crippen molar-refractivity contribution in [3.05, 3.63) is 29.3 Å². The van der Waals surface area contributed by atoms with Gasteiger partial charge in [0.25, 0.3) is 0 Å². The van der Waals surface area contributed by atoms with Crippen molar-refractivity contribution >= 4 is 47.1 Å². The zero-order valence-electron chi connectivity index (χ0n) is 24.8. The van der Waals surface area contributed by atoms with Gasteiger partial charge in [-0.2, -0.15) is 0 Å². The summed E-state index contributed by atoms with van der Waals surface area (Å²) in [5.74, 6) is -6.71. The molecule has 2 aliphatic heterocycles. The molecule has 0 aromatic heterocycles. The molecule has 12 N–H and O–H groups in total.